The van der Waals surface area contributed by atoms with Crippen LogP contribution in [0.25, 0.3) is 0 Å². The number of nitrogens with one attached hydrogen (secondary N) is 1. The van der Waals surface area contributed by atoms with Crippen LogP contribution in [0.3, 0.4) is 0 Å². The molecule has 0 saturated heterocycles. The van der Waals surface area contributed by atoms with E-state index in [-0.39, 0.29) is 0 Å². The number of likely N-dealkylation sites (N-methyl/N-ethyl adjacent to an activating group) is 2. The van der Waals surface area contributed by atoms with Gasteiger partial charge >= 0.3 is 5.97 Å². The third-order valence-corrected chi connectivity index (χ3v) is 4.17. The van der Waals surface area contributed by atoms with Gasteiger partial charge in [0.1, 0.15) is 5.54 Å². The lowest BCUT2D eigenvalue weighted by Crippen LogP contribution is -2.60. The van der Waals surface area contributed by atoms with Gasteiger partial charge in [-0.25, -0.2) is 0 Å². The fraction of sp³-hybridized carbons (Fsp3) is 0.923. The molecule has 4 nitrogen and oxygen atoms in total. The van der Waals surface area contributed by atoms with Crippen molar-refractivity contribution in [3.8, 4) is 0 Å². The average Bonchev–Trinajstić information content (AvgIpc) is 3.11. The molecule has 1 aliphatic rings. The van der Waals surface area contributed by atoms with Gasteiger partial charge < -0.3 is 15.3 Å². The van der Waals surface area contributed by atoms with Crippen molar-refractivity contribution in [2.24, 2.45) is 5.92 Å². The van der Waals surface area contributed by atoms with Crippen molar-refractivity contribution in [2.45, 2.75) is 51.1 Å². The van der Waals surface area contributed by atoms with Crippen molar-refractivity contribution in [2.75, 3.05) is 20.6 Å². The van der Waals surface area contributed by atoms with E-state index < -0.39 is 11.5 Å². The smallest absolute Gasteiger partial charge is 0.325 e. The molecule has 1 unspecified atom stereocenters. The number of rotatable bonds is 8. The quantitative estimate of drug-likeness (QED) is 0.678. The first-order chi connectivity index (χ1) is 8.01. The molecule has 0 amide bonds. The molecule has 2 N–H and O–H groups in total. The van der Waals surface area contributed by atoms with Gasteiger partial charge in [0.25, 0.3) is 0 Å². The maximum atomic E-state index is 11.6. The highest BCUT2D eigenvalue weighted by Crippen LogP contribution is 2.40. The summed E-state index contributed by atoms with van der Waals surface area (Å²) in [5.41, 5.74) is -0.753. The van der Waals surface area contributed by atoms with Gasteiger partial charge in [-0.05, 0) is 45.7 Å². The second kappa shape index (κ2) is 5.83. The molecule has 1 atom stereocenters. The highest BCUT2D eigenvalue weighted by Gasteiger charge is 2.51. The molecule has 0 aromatic rings. The summed E-state index contributed by atoms with van der Waals surface area (Å²) in [6.45, 7) is 4.91. The third-order valence-electron chi connectivity index (χ3n) is 4.17. The Morgan fingerprint density at radius 1 is 1.47 bits per heavy atom. The summed E-state index contributed by atoms with van der Waals surface area (Å²) in [5.74, 6) is -0.415. The van der Waals surface area contributed by atoms with Crippen LogP contribution in [-0.2, 0) is 4.79 Å². The van der Waals surface area contributed by atoms with Gasteiger partial charge in [-0.2, -0.15) is 0 Å². The van der Waals surface area contributed by atoms with Gasteiger partial charge in [0.05, 0.1) is 0 Å². The van der Waals surface area contributed by atoms with E-state index in [9.17, 15) is 9.90 Å². The average molecular weight is 242 g/mol. The van der Waals surface area contributed by atoms with Gasteiger partial charge in [0.15, 0.2) is 0 Å². The Morgan fingerprint density at radius 2 is 2.00 bits per heavy atom. The van der Waals surface area contributed by atoms with Gasteiger partial charge in [-0.15, -0.1) is 0 Å². The molecule has 100 valence electrons. The Balaban J connectivity index is 2.75. The summed E-state index contributed by atoms with van der Waals surface area (Å²) in [5, 5.41) is 12.6. The van der Waals surface area contributed by atoms with E-state index in [1.165, 1.54) is 0 Å². The molecule has 0 spiro atoms. The summed E-state index contributed by atoms with van der Waals surface area (Å²) < 4.78 is 0. The van der Waals surface area contributed by atoms with Crippen LogP contribution >= 0.6 is 0 Å². The van der Waals surface area contributed by atoms with E-state index in [1.807, 2.05) is 7.05 Å². The number of nitrogens with zero attached hydrogens (tertiary/aromatic N) is 1. The predicted octanol–water partition coefficient (Wildman–Crippen LogP) is 1.56. The van der Waals surface area contributed by atoms with Crippen LogP contribution < -0.4 is 5.32 Å². The molecule has 1 aliphatic carbocycles. The molecule has 0 heterocycles. The second-order valence-corrected chi connectivity index (χ2v) is 5.19. The number of carboxylic acid groups (broad SMARTS) is 1. The summed E-state index contributed by atoms with van der Waals surface area (Å²) in [4.78, 5) is 13.8. The van der Waals surface area contributed by atoms with Crippen molar-refractivity contribution in [1.82, 2.24) is 10.2 Å². The Labute approximate surface area is 104 Å². The first kappa shape index (κ1) is 14.5. The summed E-state index contributed by atoms with van der Waals surface area (Å²) in [7, 11) is 3.81. The Hall–Kier alpha value is -0.610. The first-order valence-corrected chi connectivity index (χ1v) is 6.64. The van der Waals surface area contributed by atoms with E-state index in [0.29, 0.717) is 18.5 Å². The van der Waals surface area contributed by atoms with Crippen molar-refractivity contribution >= 4 is 5.97 Å². The molecule has 0 aliphatic heterocycles. The SMILES string of the molecule is CCC(CC)N(C)CC(NC)(C(=O)O)C1CC1. The van der Waals surface area contributed by atoms with E-state index in [2.05, 4.69) is 24.1 Å². The normalized spacial score (nSPS) is 19.6. The van der Waals surface area contributed by atoms with E-state index in [0.717, 1.165) is 25.7 Å². The van der Waals surface area contributed by atoms with Crippen LogP contribution in [0.2, 0.25) is 0 Å². The molecule has 0 bridgehead atoms. The van der Waals surface area contributed by atoms with Crippen LogP contribution in [0.4, 0.5) is 0 Å². The van der Waals surface area contributed by atoms with Gasteiger partial charge in [0, 0.05) is 12.6 Å². The van der Waals surface area contributed by atoms with Crippen LogP contribution in [-0.4, -0.2) is 48.2 Å². The number of aliphatic carboxylic acids is 1. The highest BCUT2D eigenvalue weighted by molar-refractivity contribution is 5.80. The zero-order chi connectivity index (χ0) is 13.1. The Bertz CT molecular complexity index is 262. The lowest BCUT2D eigenvalue weighted by molar-refractivity contribution is -0.146. The van der Waals surface area contributed by atoms with E-state index >= 15 is 0 Å². The minimum atomic E-state index is -0.753. The maximum absolute atomic E-state index is 11.6. The topological polar surface area (TPSA) is 52.6 Å². The van der Waals surface area contributed by atoms with Crippen LogP contribution in [0.15, 0.2) is 0 Å². The highest BCUT2D eigenvalue weighted by atomic mass is 16.4. The van der Waals surface area contributed by atoms with Crippen molar-refractivity contribution < 1.29 is 9.90 Å². The lowest BCUT2D eigenvalue weighted by atomic mass is 9.91. The molecule has 0 aromatic carbocycles. The molecule has 0 radical (unpaired) electrons. The number of carbonyl (C=O) groups is 1. The summed E-state index contributed by atoms with van der Waals surface area (Å²) >= 11 is 0. The summed E-state index contributed by atoms with van der Waals surface area (Å²) in [6, 6.07) is 0.473. The standard InChI is InChI=1S/C13H26N2O2/c1-5-11(6-2)15(4)9-13(14-3,12(16)17)10-7-8-10/h10-11,14H,5-9H2,1-4H3,(H,16,17). The number of hydrogen-bond donors (Lipinski definition) is 2. The molecule has 0 aromatic heterocycles. The fourth-order valence-electron chi connectivity index (χ4n) is 2.77. The molecule has 1 saturated carbocycles. The van der Waals surface area contributed by atoms with Crippen molar-refractivity contribution in [1.29, 1.82) is 0 Å². The van der Waals surface area contributed by atoms with Crippen LogP contribution in [0, 0.1) is 5.92 Å². The molecule has 4 heteroatoms. The zero-order valence-corrected chi connectivity index (χ0v) is 11.5. The Morgan fingerprint density at radius 3 is 2.29 bits per heavy atom. The van der Waals surface area contributed by atoms with E-state index in [1.54, 1.807) is 7.05 Å². The third kappa shape index (κ3) is 2.99. The van der Waals surface area contributed by atoms with E-state index in [4.69, 9.17) is 0 Å². The predicted molar refractivity (Wildman–Crippen MR) is 69.2 cm³/mol. The minimum absolute atomic E-state index is 0.293. The van der Waals surface area contributed by atoms with Crippen molar-refractivity contribution in [3.63, 3.8) is 0 Å². The Kier molecular flexibility index (Phi) is 4.95. The van der Waals surface area contributed by atoms with Crippen LogP contribution in [0.1, 0.15) is 39.5 Å². The van der Waals surface area contributed by atoms with Gasteiger partial charge in [0.2, 0.25) is 0 Å². The van der Waals surface area contributed by atoms with Gasteiger partial charge in [-0.1, -0.05) is 13.8 Å². The lowest BCUT2D eigenvalue weighted by Gasteiger charge is -2.36. The molecule has 17 heavy (non-hydrogen) atoms. The molecule has 1 rings (SSSR count). The number of carboxylic acids is 1. The van der Waals surface area contributed by atoms with Crippen molar-refractivity contribution in [3.05, 3.63) is 0 Å². The largest absolute Gasteiger partial charge is 0.480 e. The fourth-order valence-corrected chi connectivity index (χ4v) is 2.77. The monoisotopic (exact) mass is 242 g/mol. The molecular weight excluding hydrogens is 216 g/mol. The molecular formula is C13H26N2O2. The second-order valence-electron chi connectivity index (χ2n) is 5.19. The minimum Gasteiger partial charge on any atom is -0.480 e. The number of hydrogen-bond acceptors (Lipinski definition) is 3. The van der Waals surface area contributed by atoms with Gasteiger partial charge in [-0.3, -0.25) is 4.79 Å². The summed E-state index contributed by atoms with van der Waals surface area (Å²) in [6.07, 6.45) is 4.20. The zero-order valence-electron chi connectivity index (χ0n) is 11.5. The van der Waals surface area contributed by atoms with Crippen LogP contribution in [0.5, 0.6) is 0 Å². The maximum Gasteiger partial charge on any atom is 0.325 e. The first-order valence-electron chi connectivity index (χ1n) is 6.64. The molecule has 1 fully saturated rings.